The van der Waals surface area contributed by atoms with Gasteiger partial charge in [-0.1, -0.05) is 12.1 Å². The maximum Gasteiger partial charge on any atom is 0.345 e. The van der Waals surface area contributed by atoms with Crippen LogP contribution in [0.2, 0.25) is 0 Å². The number of ether oxygens (including phenoxy) is 1. The summed E-state index contributed by atoms with van der Waals surface area (Å²) in [5.41, 5.74) is -0.445. The van der Waals surface area contributed by atoms with Gasteiger partial charge in [0.25, 0.3) is 0 Å². The van der Waals surface area contributed by atoms with Crippen LogP contribution in [0.4, 0.5) is 0 Å². The van der Waals surface area contributed by atoms with E-state index in [0.717, 1.165) is 0 Å². The van der Waals surface area contributed by atoms with E-state index in [1.165, 1.54) is 18.5 Å². The molecule has 0 aliphatic heterocycles. The zero-order valence-corrected chi connectivity index (χ0v) is 7.68. The minimum atomic E-state index is -0.445. The molecule has 0 aliphatic rings. The molecule has 0 bridgehead atoms. The maximum absolute atomic E-state index is 10.7. The molecule has 2 N–H and O–H groups in total. The Balaban J connectivity index is 2.26. The SMILES string of the molecule is O=c1ncc(Oc2ccccc2O)c[nH]1. The van der Waals surface area contributed by atoms with Crippen LogP contribution in [0.3, 0.4) is 0 Å². The molecule has 2 aromatic rings. The van der Waals surface area contributed by atoms with E-state index in [9.17, 15) is 9.90 Å². The number of nitrogens with one attached hydrogen (secondary N) is 1. The molecule has 2 rings (SSSR count). The number of benzene rings is 1. The van der Waals surface area contributed by atoms with Gasteiger partial charge in [-0.25, -0.2) is 4.79 Å². The number of aromatic nitrogens is 2. The highest BCUT2D eigenvalue weighted by Gasteiger charge is 2.02. The first-order valence-corrected chi connectivity index (χ1v) is 4.26. The summed E-state index contributed by atoms with van der Waals surface area (Å²) in [6, 6.07) is 6.54. The number of para-hydroxylation sites is 2. The number of rotatable bonds is 2. The van der Waals surface area contributed by atoms with Gasteiger partial charge in [-0.05, 0) is 12.1 Å². The maximum atomic E-state index is 10.7. The number of nitrogens with zero attached hydrogens (tertiary/aromatic N) is 1. The summed E-state index contributed by atoms with van der Waals surface area (Å²) in [5.74, 6) is 0.700. The van der Waals surface area contributed by atoms with Gasteiger partial charge in [-0.15, -0.1) is 0 Å². The van der Waals surface area contributed by atoms with Crippen LogP contribution in [0.1, 0.15) is 0 Å². The van der Waals surface area contributed by atoms with E-state index < -0.39 is 5.69 Å². The number of phenolic OH excluding ortho intramolecular Hbond substituents is 1. The van der Waals surface area contributed by atoms with E-state index >= 15 is 0 Å². The second-order valence-electron chi connectivity index (χ2n) is 2.82. The molecule has 0 unspecified atom stereocenters. The van der Waals surface area contributed by atoms with Gasteiger partial charge < -0.3 is 14.8 Å². The number of aromatic hydroxyl groups is 1. The van der Waals surface area contributed by atoms with Gasteiger partial charge in [-0.2, -0.15) is 4.98 Å². The first-order valence-electron chi connectivity index (χ1n) is 4.26. The smallest absolute Gasteiger partial charge is 0.345 e. The van der Waals surface area contributed by atoms with Crippen molar-refractivity contribution < 1.29 is 9.84 Å². The molecule has 5 heteroatoms. The molecule has 15 heavy (non-hydrogen) atoms. The van der Waals surface area contributed by atoms with E-state index in [-0.39, 0.29) is 5.75 Å². The lowest BCUT2D eigenvalue weighted by atomic mass is 10.3. The lowest BCUT2D eigenvalue weighted by molar-refractivity contribution is 0.409. The van der Waals surface area contributed by atoms with Crippen molar-refractivity contribution in [2.75, 3.05) is 0 Å². The zero-order valence-electron chi connectivity index (χ0n) is 7.68. The van der Waals surface area contributed by atoms with Gasteiger partial charge in [0.2, 0.25) is 0 Å². The summed E-state index contributed by atoms with van der Waals surface area (Å²) in [5, 5.41) is 9.41. The Morgan fingerprint density at radius 1 is 1.33 bits per heavy atom. The molecule has 1 heterocycles. The van der Waals surface area contributed by atoms with Crippen LogP contribution in [0.5, 0.6) is 17.2 Å². The molecule has 0 atom stereocenters. The molecular formula is C10H8N2O3. The fraction of sp³-hybridized carbons (Fsp3) is 0. The predicted octanol–water partition coefficient (Wildman–Crippen LogP) is 1.27. The first-order chi connectivity index (χ1) is 7.25. The van der Waals surface area contributed by atoms with E-state index in [1.54, 1.807) is 18.2 Å². The van der Waals surface area contributed by atoms with Gasteiger partial charge in [0.05, 0.1) is 12.4 Å². The molecule has 0 spiro atoms. The van der Waals surface area contributed by atoms with Gasteiger partial charge in [0.15, 0.2) is 17.2 Å². The largest absolute Gasteiger partial charge is 0.504 e. The van der Waals surface area contributed by atoms with Crippen LogP contribution < -0.4 is 10.4 Å². The van der Waals surface area contributed by atoms with Crippen molar-refractivity contribution in [1.29, 1.82) is 0 Å². The van der Waals surface area contributed by atoms with Crippen LogP contribution in [0.15, 0.2) is 41.5 Å². The van der Waals surface area contributed by atoms with Crippen molar-refractivity contribution in [3.63, 3.8) is 0 Å². The van der Waals surface area contributed by atoms with E-state index in [2.05, 4.69) is 9.97 Å². The number of hydrogen-bond donors (Lipinski definition) is 2. The molecule has 0 saturated heterocycles. The average molecular weight is 204 g/mol. The summed E-state index contributed by atoms with van der Waals surface area (Å²) in [6.07, 6.45) is 2.66. The Labute approximate surface area is 85.0 Å². The van der Waals surface area contributed by atoms with Crippen LogP contribution in [0, 0.1) is 0 Å². The van der Waals surface area contributed by atoms with Crippen molar-refractivity contribution >= 4 is 0 Å². The third kappa shape index (κ3) is 2.14. The molecule has 1 aromatic carbocycles. The summed E-state index contributed by atoms with van der Waals surface area (Å²) in [4.78, 5) is 16.5. The normalized spacial score (nSPS) is 9.87. The summed E-state index contributed by atoms with van der Waals surface area (Å²) < 4.78 is 5.28. The highest BCUT2D eigenvalue weighted by molar-refractivity contribution is 5.40. The predicted molar refractivity (Wildman–Crippen MR) is 53.0 cm³/mol. The van der Waals surface area contributed by atoms with Gasteiger partial charge in [0, 0.05) is 0 Å². The Hall–Kier alpha value is -2.30. The van der Waals surface area contributed by atoms with E-state index in [4.69, 9.17) is 4.74 Å². The summed E-state index contributed by atoms with van der Waals surface area (Å²) >= 11 is 0. The zero-order chi connectivity index (χ0) is 10.7. The highest BCUT2D eigenvalue weighted by Crippen LogP contribution is 2.28. The molecular weight excluding hydrogens is 196 g/mol. The third-order valence-electron chi connectivity index (χ3n) is 1.74. The topological polar surface area (TPSA) is 75.2 Å². The van der Waals surface area contributed by atoms with Crippen molar-refractivity contribution in [2.24, 2.45) is 0 Å². The molecule has 0 amide bonds. The number of aromatic amines is 1. The fourth-order valence-corrected chi connectivity index (χ4v) is 1.06. The lowest BCUT2D eigenvalue weighted by Crippen LogP contribution is -2.07. The van der Waals surface area contributed by atoms with Crippen molar-refractivity contribution in [3.8, 4) is 17.2 Å². The summed E-state index contributed by atoms with van der Waals surface area (Å²) in [6.45, 7) is 0. The van der Waals surface area contributed by atoms with Crippen molar-refractivity contribution in [2.45, 2.75) is 0 Å². The number of phenols is 1. The average Bonchev–Trinajstić information content (AvgIpc) is 2.25. The minimum absolute atomic E-state index is 0.0312. The van der Waals surface area contributed by atoms with Gasteiger partial charge in [-0.3, -0.25) is 0 Å². The Morgan fingerprint density at radius 3 is 2.80 bits per heavy atom. The molecule has 0 radical (unpaired) electrons. The van der Waals surface area contributed by atoms with E-state index in [0.29, 0.717) is 11.5 Å². The van der Waals surface area contributed by atoms with E-state index in [1.807, 2.05) is 0 Å². The molecule has 76 valence electrons. The van der Waals surface area contributed by atoms with Crippen LogP contribution >= 0.6 is 0 Å². The Morgan fingerprint density at radius 2 is 2.13 bits per heavy atom. The minimum Gasteiger partial charge on any atom is -0.504 e. The van der Waals surface area contributed by atoms with Crippen LogP contribution in [-0.4, -0.2) is 15.1 Å². The standard InChI is InChI=1S/C10H8N2O3/c13-8-3-1-2-4-9(8)15-7-5-11-10(14)12-6-7/h1-6,13H,(H,11,12,14). The second kappa shape index (κ2) is 3.83. The monoisotopic (exact) mass is 204 g/mol. The van der Waals surface area contributed by atoms with Crippen molar-refractivity contribution in [3.05, 3.63) is 47.1 Å². The van der Waals surface area contributed by atoms with Crippen molar-refractivity contribution in [1.82, 2.24) is 9.97 Å². The van der Waals surface area contributed by atoms with Gasteiger partial charge >= 0.3 is 5.69 Å². The number of hydrogen-bond acceptors (Lipinski definition) is 4. The molecule has 0 saturated carbocycles. The molecule has 0 fully saturated rings. The quantitative estimate of drug-likeness (QED) is 0.772. The Bertz CT molecular complexity index is 502. The fourth-order valence-electron chi connectivity index (χ4n) is 1.06. The molecule has 1 aromatic heterocycles. The molecule has 5 nitrogen and oxygen atoms in total. The molecule has 0 aliphatic carbocycles. The summed E-state index contributed by atoms with van der Waals surface area (Å²) in [7, 11) is 0. The highest BCUT2D eigenvalue weighted by atomic mass is 16.5. The third-order valence-corrected chi connectivity index (χ3v) is 1.74. The van der Waals surface area contributed by atoms with Gasteiger partial charge in [0.1, 0.15) is 0 Å². The van der Waals surface area contributed by atoms with Crippen LogP contribution in [-0.2, 0) is 0 Å². The number of H-pyrrole nitrogens is 1. The Kier molecular flexibility index (Phi) is 2.37. The lowest BCUT2D eigenvalue weighted by Gasteiger charge is -2.05. The second-order valence-corrected chi connectivity index (χ2v) is 2.82. The van der Waals surface area contributed by atoms with Crippen LogP contribution in [0.25, 0.3) is 0 Å². The first kappa shape index (κ1) is 9.26.